The molecule has 1 saturated heterocycles. The molecule has 0 aliphatic carbocycles. The Labute approximate surface area is 141 Å². The number of nitrogens with zero attached hydrogens (tertiary/aromatic N) is 4. The molecular formula is C14H21N5O4S. The van der Waals surface area contributed by atoms with E-state index in [9.17, 15) is 18.0 Å². The molecule has 24 heavy (non-hydrogen) atoms. The Morgan fingerprint density at radius 3 is 2.46 bits per heavy atom. The maximum Gasteiger partial charge on any atom is 0.316 e. The highest BCUT2D eigenvalue weighted by atomic mass is 32.2. The number of amides is 2. The summed E-state index contributed by atoms with van der Waals surface area (Å²) < 4.78 is 23.4. The van der Waals surface area contributed by atoms with Crippen molar-refractivity contribution in [2.75, 3.05) is 44.0 Å². The number of likely N-dealkylation sites (N-methyl/N-ethyl adjacent to an activating group) is 1. The van der Waals surface area contributed by atoms with Crippen molar-refractivity contribution in [2.24, 2.45) is 0 Å². The third-order valence-corrected chi connectivity index (χ3v) is 5.43. The van der Waals surface area contributed by atoms with Crippen LogP contribution in [-0.2, 0) is 19.4 Å². The van der Waals surface area contributed by atoms with Gasteiger partial charge in [0.15, 0.2) is 9.84 Å². The molecule has 132 valence electrons. The van der Waals surface area contributed by atoms with Crippen molar-refractivity contribution in [3.05, 3.63) is 18.5 Å². The van der Waals surface area contributed by atoms with E-state index >= 15 is 0 Å². The average molecular weight is 355 g/mol. The van der Waals surface area contributed by atoms with Gasteiger partial charge < -0.3 is 9.80 Å². The van der Waals surface area contributed by atoms with Crippen molar-refractivity contribution in [2.45, 2.75) is 12.5 Å². The molecule has 0 saturated carbocycles. The van der Waals surface area contributed by atoms with Gasteiger partial charge in [0.05, 0.1) is 11.5 Å². The highest BCUT2D eigenvalue weighted by Gasteiger charge is 2.36. The van der Waals surface area contributed by atoms with Crippen molar-refractivity contribution in [1.82, 2.24) is 19.8 Å². The molecule has 0 aromatic carbocycles. The Hall–Kier alpha value is -2.07. The first kappa shape index (κ1) is 18.3. The standard InChI is InChI=1S/C14H21N5O4S/c1-18(2)7-8-19(11-4-9-24(22,23)10-11)13(21)12(20)17-14-15-5-3-6-16-14/h3,5-6,11H,4,7-10H2,1-2H3,(H,15,16,17,20). The van der Waals surface area contributed by atoms with E-state index in [0.717, 1.165) is 0 Å². The SMILES string of the molecule is CN(C)CCN(C(=O)C(=O)Nc1ncccn1)C1CCS(=O)(=O)C1. The molecule has 0 radical (unpaired) electrons. The third-order valence-electron chi connectivity index (χ3n) is 3.68. The molecule has 1 N–H and O–H groups in total. The van der Waals surface area contributed by atoms with Gasteiger partial charge >= 0.3 is 11.8 Å². The molecule has 0 spiro atoms. The zero-order chi connectivity index (χ0) is 17.7. The third kappa shape index (κ3) is 4.96. The second-order valence-electron chi connectivity index (χ2n) is 5.89. The van der Waals surface area contributed by atoms with Crippen LogP contribution in [0.15, 0.2) is 18.5 Å². The van der Waals surface area contributed by atoms with E-state index in [-0.39, 0.29) is 24.0 Å². The zero-order valence-electron chi connectivity index (χ0n) is 13.7. The van der Waals surface area contributed by atoms with Crippen LogP contribution in [0.1, 0.15) is 6.42 Å². The Kier molecular flexibility index (Phi) is 5.84. The fourth-order valence-electron chi connectivity index (χ4n) is 2.43. The number of rotatable bonds is 5. The number of carbonyl (C=O) groups excluding carboxylic acids is 2. The molecule has 1 fully saturated rings. The molecule has 10 heteroatoms. The molecule has 1 aliphatic rings. The Bertz CT molecular complexity index is 692. The van der Waals surface area contributed by atoms with E-state index < -0.39 is 27.7 Å². The first-order valence-corrected chi connectivity index (χ1v) is 9.35. The average Bonchev–Trinajstić information content (AvgIpc) is 2.88. The summed E-state index contributed by atoms with van der Waals surface area (Å²) in [6, 6.07) is 1.11. The van der Waals surface area contributed by atoms with Crippen molar-refractivity contribution >= 4 is 27.6 Å². The van der Waals surface area contributed by atoms with Crippen LogP contribution in [-0.4, -0.2) is 84.7 Å². The molecular weight excluding hydrogens is 334 g/mol. The van der Waals surface area contributed by atoms with E-state index in [1.165, 1.54) is 17.3 Å². The highest BCUT2D eigenvalue weighted by molar-refractivity contribution is 7.91. The van der Waals surface area contributed by atoms with Gasteiger partial charge in [-0.3, -0.25) is 14.9 Å². The topological polar surface area (TPSA) is 113 Å². The van der Waals surface area contributed by atoms with E-state index in [1.807, 2.05) is 19.0 Å². The number of nitrogens with one attached hydrogen (secondary N) is 1. The predicted molar refractivity (Wildman–Crippen MR) is 88.0 cm³/mol. The second kappa shape index (κ2) is 7.67. The number of anilines is 1. The molecule has 0 bridgehead atoms. The summed E-state index contributed by atoms with van der Waals surface area (Å²) in [6.45, 7) is 0.798. The van der Waals surface area contributed by atoms with E-state index in [1.54, 1.807) is 6.07 Å². The molecule has 1 aromatic rings. The van der Waals surface area contributed by atoms with Gasteiger partial charge in [0.1, 0.15) is 0 Å². The highest BCUT2D eigenvalue weighted by Crippen LogP contribution is 2.18. The van der Waals surface area contributed by atoms with Gasteiger partial charge in [-0.1, -0.05) is 0 Å². The monoisotopic (exact) mass is 355 g/mol. The summed E-state index contributed by atoms with van der Waals surface area (Å²) in [7, 11) is 0.517. The minimum Gasteiger partial charge on any atom is -0.329 e. The fourth-order valence-corrected chi connectivity index (χ4v) is 4.16. The van der Waals surface area contributed by atoms with Crippen molar-refractivity contribution in [1.29, 1.82) is 0 Å². The van der Waals surface area contributed by atoms with Gasteiger partial charge in [-0.05, 0) is 26.6 Å². The van der Waals surface area contributed by atoms with E-state index in [2.05, 4.69) is 15.3 Å². The minimum atomic E-state index is -3.16. The predicted octanol–water partition coefficient (Wildman–Crippen LogP) is -1.01. The number of hydrogen-bond acceptors (Lipinski definition) is 7. The molecule has 2 heterocycles. The lowest BCUT2D eigenvalue weighted by Gasteiger charge is -2.28. The number of carbonyl (C=O) groups is 2. The van der Waals surface area contributed by atoms with Gasteiger partial charge in [0, 0.05) is 31.5 Å². The zero-order valence-corrected chi connectivity index (χ0v) is 14.5. The number of hydrogen-bond donors (Lipinski definition) is 1. The van der Waals surface area contributed by atoms with Crippen LogP contribution in [0.4, 0.5) is 5.95 Å². The summed E-state index contributed by atoms with van der Waals surface area (Å²) >= 11 is 0. The van der Waals surface area contributed by atoms with Crippen molar-refractivity contribution in [3.63, 3.8) is 0 Å². The Morgan fingerprint density at radius 1 is 1.25 bits per heavy atom. The van der Waals surface area contributed by atoms with Crippen LogP contribution in [0.3, 0.4) is 0 Å². The van der Waals surface area contributed by atoms with Crippen LogP contribution in [0.2, 0.25) is 0 Å². The minimum absolute atomic E-state index is 0.0300. The summed E-state index contributed by atoms with van der Waals surface area (Å²) in [4.78, 5) is 35.5. The lowest BCUT2D eigenvalue weighted by Crippen LogP contribution is -2.49. The van der Waals surface area contributed by atoms with Gasteiger partial charge in [-0.25, -0.2) is 18.4 Å². The van der Waals surface area contributed by atoms with Gasteiger partial charge in [0.25, 0.3) is 0 Å². The van der Waals surface area contributed by atoms with Gasteiger partial charge in [0.2, 0.25) is 5.95 Å². The normalized spacial score (nSPS) is 19.2. The first-order chi connectivity index (χ1) is 11.3. The summed E-state index contributed by atoms with van der Waals surface area (Å²) in [5.74, 6) is -1.69. The van der Waals surface area contributed by atoms with Crippen LogP contribution >= 0.6 is 0 Å². The molecule has 9 nitrogen and oxygen atoms in total. The lowest BCUT2D eigenvalue weighted by atomic mass is 10.2. The molecule has 1 aliphatic heterocycles. The fraction of sp³-hybridized carbons (Fsp3) is 0.571. The molecule has 1 atom stereocenters. The molecule has 1 unspecified atom stereocenters. The van der Waals surface area contributed by atoms with Gasteiger partial charge in [-0.15, -0.1) is 0 Å². The lowest BCUT2D eigenvalue weighted by molar-refractivity contribution is -0.144. The molecule has 2 rings (SSSR count). The largest absolute Gasteiger partial charge is 0.329 e. The van der Waals surface area contributed by atoms with Crippen LogP contribution in [0.25, 0.3) is 0 Å². The smallest absolute Gasteiger partial charge is 0.316 e. The molecule has 1 aromatic heterocycles. The van der Waals surface area contributed by atoms with Crippen molar-refractivity contribution < 1.29 is 18.0 Å². The maximum atomic E-state index is 12.5. The van der Waals surface area contributed by atoms with E-state index in [0.29, 0.717) is 13.0 Å². The summed E-state index contributed by atoms with van der Waals surface area (Å²) in [5.41, 5.74) is 0. The second-order valence-corrected chi connectivity index (χ2v) is 8.11. The van der Waals surface area contributed by atoms with Crippen LogP contribution in [0.5, 0.6) is 0 Å². The van der Waals surface area contributed by atoms with Crippen LogP contribution in [0, 0.1) is 0 Å². The van der Waals surface area contributed by atoms with Crippen molar-refractivity contribution in [3.8, 4) is 0 Å². The first-order valence-electron chi connectivity index (χ1n) is 7.52. The van der Waals surface area contributed by atoms with Gasteiger partial charge in [-0.2, -0.15) is 0 Å². The number of sulfone groups is 1. The molecule has 2 amide bonds. The Morgan fingerprint density at radius 2 is 1.92 bits per heavy atom. The van der Waals surface area contributed by atoms with Crippen LogP contribution < -0.4 is 5.32 Å². The van der Waals surface area contributed by atoms with E-state index in [4.69, 9.17) is 0 Å². The quantitative estimate of drug-likeness (QED) is 0.674. The summed E-state index contributed by atoms with van der Waals surface area (Å²) in [5, 5.41) is 2.34. The summed E-state index contributed by atoms with van der Waals surface area (Å²) in [6.07, 6.45) is 3.23. The number of aromatic nitrogens is 2. The maximum absolute atomic E-state index is 12.5. The Balaban J connectivity index is 2.10.